The van der Waals surface area contributed by atoms with Crippen molar-refractivity contribution in [3.63, 3.8) is 0 Å². The number of nitrogens with zero attached hydrogens (tertiary/aromatic N) is 2. The molecule has 0 saturated carbocycles. The third-order valence-corrected chi connectivity index (χ3v) is 5.40. The normalized spacial score (nSPS) is 13.0. The molecule has 10 heteroatoms. The molecule has 0 spiro atoms. The number of hydrogen-bond acceptors (Lipinski definition) is 7. The van der Waals surface area contributed by atoms with E-state index in [0.29, 0.717) is 47.1 Å². The molecule has 1 aromatic heterocycles. The van der Waals surface area contributed by atoms with E-state index >= 15 is 0 Å². The number of fused-ring (bicyclic) bond motifs is 1. The van der Waals surface area contributed by atoms with Crippen molar-refractivity contribution < 1.29 is 27.4 Å². The molecular formula is C18H13BrF2N2O4S. The fourth-order valence-corrected chi connectivity index (χ4v) is 3.92. The molecule has 0 fully saturated rings. The van der Waals surface area contributed by atoms with Crippen molar-refractivity contribution in [2.24, 2.45) is 0 Å². The van der Waals surface area contributed by atoms with Gasteiger partial charge in [-0.2, -0.15) is 8.78 Å². The average molecular weight is 471 g/mol. The summed E-state index contributed by atoms with van der Waals surface area (Å²) in [7, 11) is 0. The lowest BCUT2D eigenvalue weighted by Gasteiger charge is -2.19. The van der Waals surface area contributed by atoms with Gasteiger partial charge in [-0.15, -0.1) is 10.2 Å². The minimum absolute atomic E-state index is 0.0660. The summed E-state index contributed by atoms with van der Waals surface area (Å²) in [5, 5.41) is 8.41. The predicted octanol–water partition coefficient (Wildman–Crippen LogP) is 5.16. The van der Waals surface area contributed by atoms with Crippen LogP contribution < -0.4 is 14.2 Å². The van der Waals surface area contributed by atoms with Gasteiger partial charge in [0, 0.05) is 15.8 Å². The number of benzene rings is 2. The number of hydrogen-bond donors (Lipinski definition) is 0. The molecule has 0 bridgehead atoms. The summed E-state index contributed by atoms with van der Waals surface area (Å²) in [4.78, 5) is 0. The molecule has 146 valence electrons. The standard InChI is InChI=1S/C18H13BrF2N2O4S/c19-13-8-15-14(24-5-6-25-15)7-11(13)9-28-18-23-22-16(27-18)10-1-3-12(4-2-10)26-17(20)21/h1-4,7-8,17H,5-6,9H2. The zero-order chi connectivity index (χ0) is 19.5. The van der Waals surface area contributed by atoms with Crippen molar-refractivity contribution in [2.75, 3.05) is 13.2 Å². The van der Waals surface area contributed by atoms with Crippen molar-refractivity contribution in [3.8, 4) is 28.7 Å². The summed E-state index contributed by atoms with van der Waals surface area (Å²) in [6.07, 6.45) is 0. The maximum atomic E-state index is 12.2. The third-order valence-electron chi connectivity index (χ3n) is 3.80. The number of thioether (sulfide) groups is 1. The van der Waals surface area contributed by atoms with E-state index < -0.39 is 6.61 Å². The Kier molecular flexibility index (Phi) is 5.67. The second kappa shape index (κ2) is 8.36. The van der Waals surface area contributed by atoms with Gasteiger partial charge in [-0.05, 0) is 42.0 Å². The molecule has 2 aromatic carbocycles. The zero-order valence-corrected chi connectivity index (χ0v) is 16.6. The third kappa shape index (κ3) is 4.39. The molecule has 0 atom stereocenters. The van der Waals surface area contributed by atoms with Gasteiger partial charge in [-0.1, -0.05) is 27.7 Å². The van der Waals surface area contributed by atoms with Crippen LogP contribution in [0.1, 0.15) is 5.56 Å². The molecule has 0 saturated heterocycles. The van der Waals surface area contributed by atoms with E-state index in [4.69, 9.17) is 13.9 Å². The number of alkyl halides is 2. The van der Waals surface area contributed by atoms with Crippen LogP contribution in [0.15, 0.2) is 50.5 Å². The van der Waals surface area contributed by atoms with E-state index in [1.165, 1.54) is 23.9 Å². The lowest BCUT2D eigenvalue weighted by molar-refractivity contribution is -0.0498. The summed E-state index contributed by atoms with van der Waals surface area (Å²) in [6, 6.07) is 9.81. The second-order valence-electron chi connectivity index (χ2n) is 5.65. The minimum Gasteiger partial charge on any atom is -0.486 e. The molecule has 2 heterocycles. The zero-order valence-electron chi connectivity index (χ0n) is 14.2. The first-order valence-corrected chi connectivity index (χ1v) is 9.96. The molecule has 1 aliphatic heterocycles. The summed E-state index contributed by atoms with van der Waals surface area (Å²) in [5.74, 6) is 2.37. The van der Waals surface area contributed by atoms with Crippen molar-refractivity contribution in [3.05, 3.63) is 46.4 Å². The first-order chi connectivity index (χ1) is 13.6. The molecule has 1 aliphatic rings. The van der Waals surface area contributed by atoms with Crippen LogP contribution in [0.4, 0.5) is 8.78 Å². The molecule has 6 nitrogen and oxygen atoms in total. The number of ether oxygens (including phenoxy) is 3. The summed E-state index contributed by atoms with van der Waals surface area (Å²) < 4.78 is 46.4. The highest BCUT2D eigenvalue weighted by Gasteiger charge is 2.16. The Hall–Kier alpha value is -2.33. The molecule has 0 aliphatic carbocycles. The van der Waals surface area contributed by atoms with Gasteiger partial charge in [0.15, 0.2) is 11.5 Å². The maximum Gasteiger partial charge on any atom is 0.387 e. The summed E-state index contributed by atoms with van der Waals surface area (Å²) in [6.45, 7) is -1.81. The van der Waals surface area contributed by atoms with Crippen molar-refractivity contribution in [2.45, 2.75) is 17.6 Å². The van der Waals surface area contributed by atoms with Crippen LogP contribution in [0.25, 0.3) is 11.5 Å². The topological polar surface area (TPSA) is 66.6 Å². The van der Waals surface area contributed by atoms with Crippen LogP contribution in [0.2, 0.25) is 0 Å². The van der Waals surface area contributed by atoms with Crippen LogP contribution in [0, 0.1) is 0 Å². The maximum absolute atomic E-state index is 12.2. The van der Waals surface area contributed by atoms with Crippen LogP contribution >= 0.6 is 27.7 Å². The monoisotopic (exact) mass is 470 g/mol. The van der Waals surface area contributed by atoms with Crippen LogP contribution in [0.5, 0.6) is 17.2 Å². The van der Waals surface area contributed by atoms with E-state index in [1.807, 2.05) is 12.1 Å². The Balaban J connectivity index is 1.43. The highest BCUT2D eigenvalue weighted by Crippen LogP contribution is 2.38. The van der Waals surface area contributed by atoms with Crippen molar-refractivity contribution in [1.29, 1.82) is 0 Å². The quantitative estimate of drug-likeness (QED) is 0.460. The molecular weight excluding hydrogens is 458 g/mol. The Bertz CT molecular complexity index is 969. The highest BCUT2D eigenvalue weighted by molar-refractivity contribution is 9.10. The SMILES string of the molecule is FC(F)Oc1ccc(-c2nnc(SCc3cc4c(cc3Br)OCCO4)o2)cc1. The van der Waals surface area contributed by atoms with E-state index in [9.17, 15) is 8.78 Å². The molecule has 28 heavy (non-hydrogen) atoms. The number of halogens is 3. The molecule has 0 radical (unpaired) electrons. The molecule has 0 N–H and O–H groups in total. The first kappa shape index (κ1) is 19.0. The minimum atomic E-state index is -2.86. The summed E-state index contributed by atoms with van der Waals surface area (Å²) >= 11 is 4.91. The van der Waals surface area contributed by atoms with Crippen LogP contribution in [0.3, 0.4) is 0 Å². The van der Waals surface area contributed by atoms with Gasteiger partial charge < -0.3 is 18.6 Å². The van der Waals surface area contributed by atoms with Gasteiger partial charge in [0.25, 0.3) is 5.22 Å². The average Bonchev–Trinajstić information content (AvgIpc) is 3.15. The van der Waals surface area contributed by atoms with Crippen molar-refractivity contribution >= 4 is 27.7 Å². The lowest BCUT2D eigenvalue weighted by Crippen LogP contribution is -2.15. The second-order valence-corrected chi connectivity index (χ2v) is 7.43. The van der Waals surface area contributed by atoms with E-state index in [-0.39, 0.29) is 5.75 Å². The smallest absolute Gasteiger partial charge is 0.387 e. The molecule has 0 unspecified atom stereocenters. The Morgan fingerprint density at radius 1 is 1.07 bits per heavy atom. The van der Waals surface area contributed by atoms with Gasteiger partial charge in [-0.3, -0.25) is 0 Å². The Labute approximate surface area is 171 Å². The van der Waals surface area contributed by atoms with E-state index in [0.717, 1.165) is 10.0 Å². The number of rotatable bonds is 6. The largest absolute Gasteiger partial charge is 0.486 e. The summed E-state index contributed by atoms with van der Waals surface area (Å²) in [5.41, 5.74) is 1.61. The Morgan fingerprint density at radius 3 is 2.50 bits per heavy atom. The fraction of sp³-hybridized carbons (Fsp3) is 0.222. The highest BCUT2D eigenvalue weighted by atomic mass is 79.9. The lowest BCUT2D eigenvalue weighted by atomic mass is 10.2. The van der Waals surface area contributed by atoms with Crippen LogP contribution in [-0.4, -0.2) is 30.0 Å². The van der Waals surface area contributed by atoms with Gasteiger partial charge in [0.1, 0.15) is 19.0 Å². The van der Waals surface area contributed by atoms with E-state index in [1.54, 1.807) is 12.1 Å². The van der Waals surface area contributed by atoms with Crippen LogP contribution in [-0.2, 0) is 5.75 Å². The molecule has 4 rings (SSSR count). The fourth-order valence-electron chi connectivity index (χ4n) is 2.52. The van der Waals surface area contributed by atoms with Gasteiger partial charge in [0.2, 0.25) is 5.89 Å². The van der Waals surface area contributed by atoms with Gasteiger partial charge in [-0.25, -0.2) is 0 Å². The molecule has 3 aromatic rings. The Morgan fingerprint density at radius 2 is 1.79 bits per heavy atom. The predicted molar refractivity (Wildman–Crippen MR) is 101 cm³/mol. The molecule has 0 amide bonds. The van der Waals surface area contributed by atoms with E-state index in [2.05, 4.69) is 30.9 Å². The number of aromatic nitrogens is 2. The van der Waals surface area contributed by atoms with Gasteiger partial charge >= 0.3 is 6.61 Å². The van der Waals surface area contributed by atoms with Gasteiger partial charge in [0.05, 0.1) is 0 Å². The van der Waals surface area contributed by atoms with Crippen molar-refractivity contribution in [1.82, 2.24) is 10.2 Å². The first-order valence-electron chi connectivity index (χ1n) is 8.18.